The number of aromatic amines is 1. The smallest absolute Gasteiger partial charge is 0.226 e. The van der Waals surface area contributed by atoms with Gasteiger partial charge in [0.05, 0.1) is 23.1 Å². The lowest BCUT2D eigenvalue weighted by Crippen LogP contribution is -2.46. The number of benzene rings is 2. The lowest BCUT2D eigenvalue weighted by molar-refractivity contribution is -0.136. The van der Waals surface area contributed by atoms with Crippen molar-refractivity contribution < 1.29 is 9.53 Å². The number of imidazole rings is 1. The second kappa shape index (κ2) is 7.16. The van der Waals surface area contributed by atoms with Gasteiger partial charge >= 0.3 is 0 Å². The van der Waals surface area contributed by atoms with Crippen LogP contribution in [0.3, 0.4) is 0 Å². The second-order valence-electron chi connectivity index (χ2n) is 7.30. The molecule has 1 fully saturated rings. The molecule has 4 rings (SSSR count). The largest absolute Gasteiger partial charge is 0.373 e. The maximum atomic E-state index is 12.8. The number of fused-ring (bicyclic) bond motifs is 1. The third-order valence-corrected chi connectivity index (χ3v) is 5.63. The summed E-state index contributed by atoms with van der Waals surface area (Å²) in [6.45, 7) is 3.37. The van der Waals surface area contributed by atoms with Crippen molar-refractivity contribution >= 4 is 16.9 Å². The van der Waals surface area contributed by atoms with Gasteiger partial charge in [-0.15, -0.1) is 0 Å². The summed E-state index contributed by atoms with van der Waals surface area (Å²) in [6, 6.07) is 16.3. The molecular weight excluding hydrogens is 338 g/mol. The average molecular weight is 363 g/mol. The van der Waals surface area contributed by atoms with Crippen molar-refractivity contribution in [1.82, 2.24) is 14.9 Å². The van der Waals surface area contributed by atoms with Crippen LogP contribution in [-0.2, 0) is 21.6 Å². The number of amides is 1. The number of hydrogen-bond acceptors (Lipinski definition) is 3. The van der Waals surface area contributed by atoms with Gasteiger partial charge in [0.1, 0.15) is 5.82 Å². The van der Waals surface area contributed by atoms with Crippen molar-refractivity contribution in [1.29, 1.82) is 0 Å². The van der Waals surface area contributed by atoms with Gasteiger partial charge in [-0.2, -0.15) is 0 Å². The van der Waals surface area contributed by atoms with Gasteiger partial charge in [0.15, 0.2) is 0 Å². The Morgan fingerprint density at radius 1 is 1.19 bits per heavy atom. The summed E-state index contributed by atoms with van der Waals surface area (Å²) in [5.41, 5.74) is 3.85. The molecule has 0 radical (unpaired) electrons. The van der Waals surface area contributed by atoms with E-state index in [1.54, 1.807) is 7.11 Å². The SMILES string of the molecule is COC1(c2ccccc2)CCN(C(=O)Cc2ccc3nc(C)[nH]c3c2)CC1. The average Bonchev–Trinajstić information content (AvgIpc) is 3.08. The van der Waals surface area contributed by atoms with Crippen LogP contribution in [0.2, 0.25) is 0 Å². The standard InChI is InChI=1S/C22H25N3O2/c1-16-23-19-9-8-17(14-20(19)24-16)15-21(26)25-12-10-22(27-2,11-13-25)18-6-4-3-5-7-18/h3-9,14H,10-13,15H2,1-2H3,(H,23,24). The van der Waals surface area contributed by atoms with Crippen LogP contribution in [-0.4, -0.2) is 41.0 Å². The summed E-state index contributed by atoms with van der Waals surface area (Å²) in [5.74, 6) is 1.06. The van der Waals surface area contributed by atoms with Crippen LogP contribution in [0.15, 0.2) is 48.5 Å². The topological polar surface area (TPSA) is 58.2 Å². The highest BCUT2D eigenvalue weighted by atomic mass is 16.5. The summed E-state index contributed by atoms with van der Waals surface area (Å²) in [6.07, 6.45) is 2.05. The van der Waals surface area contributed by atoms with Crippen LogP contribution in [0.5, 0.6) is 0 Å². The van der Waals surface area contributed by atoms with Gasteiger partial charge in [-0.3, -0.25) is 4.79 Å². The fourth-order valence-corrected chi connectivity index (χ4v) is 4.05. The first kappa shape index (κ1) is 17.7. The minimum absolute atomic E-state index is 0.170. The highest BCUT2D eigenvalue weighted by Crippen LogP contribution is 2.36. The van der Waals surface area contributed by atoms with E-state index in [0.717, 1.165) is 35.3 Å². The number of aryl methyl sites for hydroxylation is 1. The summed E-state index contributed by atoms with van der Waals surface area (Å²) in [7, 11) is 1.77. The third kappa shape index (κ3) is 3.47. The molecule has 3 aromatic rings. The molecule has 0 aliphatic carbocycles. The van der Waals surface area contributed by atoms with E-state index >= 15 is 0 Å². The molecule has 140 valence electrons. The molecule has 0 atom stereocenters. The molecular formula is C22H25N3O2. The summed E-state index contributed by atoms with van der Waals surface area (Å²) in [5, 5.41) is 0. The van der Waals surface area contributed by atoms with E-state index in [0.29, 0.717) is 19.5 Å². The van der Waals surface area contributed by atoms with Gasteiger partial charge in [-0.25, -0.2) is 4.98 Å². The number of carbonyl (C=O) groups is 1. The van der Waals surface area contributed by atoms with Crippen molar-refractivity contribution in [3.63, 3.8) is 0 Å². The van der Waals surface area contributed by atoms with E-state index < -0.39 is 0 Å². The monoisotopic (exact) mass is 363 g/mol. The van der Waals surface area contributed by atoms with E-state index in [-0.39, 0.29) is 11.5 Å². The molecule has 2 aromatic carbocycles. The van der Waals surface area contributed by atoms with Crippen molar-refractivity contribution in [2.75, 3.05) is 20.2 Å². The van der Waals surface area contributed by atoms with Gasteiger partial charge < -0.3 is 14.6 Å². The van der Waals surface area contributed by atoms with Crippen LogP contribution in [0.4, 0.5) is 0 Å². The fourth-order valence-electron chi connectivity index (χ4n) is 4.05. The van der Waals surface area contributed by atoms with Crippen LogP contribution >= 0.6 is 0 Å². The first-order chi connectivity index (χ1) is 13.1. The highest BCUT2D eigenvalue weighted by molar-refractivity contribution is 5.82. The summed E-state index contributed by atoms with van der Waals surface area (Å²) >= 11 is 0. The van der Waals surface area contributed by atoms with Gasteiger partial charge in [0.25, 0.3) is 0 Å². The Morgan fingerprint density at radius 3 is 2.63 bits per heavy atom. The minimum Gasteiger partial charge on any atom is -0.373 e. The molecule has 0 unspecified atom stereocenters. The number of nitrogens with zero attached hydrogens (tertiary/aromatic N) is 2. The molecule has 1 aliphatic rings. The summed E-state index contributed by atoms with van der Waals surface area (Å²) < 4.78 is 5.91. The van der Waals surface area contributed by atoms with Crippen LogP contribution < -0.4 is 0 Å². The molecule has 1 aliphatic heterocycles. The molecule has 1 N–H and O–H groups in total. The van der Waals surface area contributed by atoms with Crippen LogP contribution in [0, 0.1) is 6.92 Å². The van der Waals surface area contributed by atoms with Crippen molar-refractivity contribution in [3.8, 4) is 0 Å². The quantitative estimate of drug-likeness (QED) is 0.771. The molecule has 0 saturated carbocycles. The molecule has 5 nitrogen and oxygen atoms in total. The number of piperidine rings is 1. The number of nitrogens with one attached hydrogen (secondary N) is 1. The maximum Gasteiger partial charge on any atom is 0.226 e. The van der Waals surface area contributed by atoms with E-state index in [9.17, 15) is 4.79 Å². The zero-order valence-corrected chi connectivity index (χ0v) is 15.9. The third-order valence-electron chi connectivity index (χ3n) is 5.63. The number of carbonyl (C=O) groups excluding carboxylic acids is 1. The lowest BCUT2D eigenvalue weighted by Gasteiger charge is -2.41. The Kier molecular flexibility index (Phi) is 4.70. The molecule has 0 spiro atoms. The van der Waals surface area contributed by atoms with Crippen LogP contribution in [0.25, 0.3) is 11.0 Å². The van der Waals surface area contributed by atoms with Gasteiger partial charge in [-0.1, -0.05) is 36.4 Å². The number of ether oxygens (including phenoxy) is 1. The fraction of sp³-hybridized carbons (Fsp3) is 0.364. The number of aromatic nitrogens is 2. The van der Waals surface area contributed by atoms with Gasteiger partial charge in [-0.05, 0) is 43.0 Å². The Balaban J connectivity index is 1.43. The second-order valence-corrected chi connectivity index (χ2v) is 7.30. The maximum absolute atomic E-state index is 12.8. The normalized spacial score (nSPS) is 16.6. The van der Waals surface area contributed by atoms with Gasteiger partial charge in [0, 0.05) is 20.2 Å². The number of methoxy groups -OCH3 is 1. The predicted octanol–water partition coefficient (Wildman–Crippen LogP) is 3.58. The van der Waals surface area contributed by atoms with Crippen molar-refractivity contribution in [2.45, 2.75) is 31.8 Å². The zero-order valence-electron chi connectivity index (χ0n) is 15.9. The highest BCUT2D eigenvalue weighted by Gasteiger charge is 2.37. The van der Waals surface area contributed by atoms with Crippen molar-refractivity contribution in [3.05, 3.63) is 65.5 Å². The van der Waals surface area contributed by atoms with E-state index in [1.165, 1.54) is 5.56 Å². The number of likely N-dealkylation sites (tertiary alicyclic amines) is 1. The Labute approximate surface area is 159 Å². The Morgan fingerprint density at radius 2 is 1.93 bits per heavy atom. The number of rotatable bonds is 4. The van der Waals surface area contributed by atoms with Crippen molar-refractivity contribution in [2.24, 2.45) is 0 Å². The predicted molar refractivity (Wildman–Crippen MR) is 105 cm³/mol. The molecule has 1 aromatic heterocycles. The zero-order chi connectivity index (χ0) is 18.9. The molecule has 2 heterocycles. The summed E-state index contributed by atoms with van der Waals surface area (Å²) in [4.78, 5) is 22.4. The molecule has 1 saturated heterocycles. The van der Waals surface area contributed by atoms with Gasteiger partial charge in [0.2, 0.25) is 5.91 Å². The van der Waals surface area contributed by atoms with E-state index in [4.69, 9.17) is 4.74 Å². The van der Waals surface area contributed by atoms with Crippen LogP contribution in [0.1, 0.15) is 29.8 Å². The first-order valence-electron chi connectivity index (χ1n) is 9.43. The van der Waals surface area contributed by atoms with E-state index in [1.807, 2.05) is 48.2 Å². The number of H-pyrrole nitrogens is 1. The molecule has 27 heavy (non-hydrogen) atoms. The molecule has 5 heteroatoms. The minimum atomic E-state index is -0.287. The Bertz CT molecular complexity index is 941. The number of hydrogen-bond donors (Lipinski definition) is 1. The Hall–Kier alpha value is -2.66. The molecule has 0 bridgehead atoms. The first-order valence-corrected chi connectivity index (χ1v) is 9.43. The van der Waals surface area contributed by atoms with E-state index in [2.05, 4.69) is 22.1 Å². The lowest BCUT2D eigenvalue weighted by atomic mass is 9.84. The molecule has 1 amide bonds.